The van der Waals surface area contributed by atoms with Crippen molar-refractivity contribution in [3.8, 4) is 11.1 Å². The Morgan fingerprint density at radius 2 is 1.58 bits per heavy atom. The van der Waals surface area contributed by atoms with Crippen LogP contribution in [0.3, 0.4) is 0 Å². The van der Waals surface area contributed by atoms with Gasteiger partial charge in [-0.3, -0.25) is 0 Å². The molecule has 0 saturated heterocycles. The van der Waals surface area contributed by atoms with Crippen molar-refractivity contribution in [2.75, 3.05) is 0 Å². The molecule has 2 aromatic rings. The van der Waals surface area contributed by atoms with E-state index in [-0.39, 0.29) is 4.90 Å². The van der Waals surface area contributed by atoms with E-state index in [1.165, 1.54) is 0 Å². The molecule has 0 aromatic heterocycles. The van der Waals surface area contributed by atoms with Gasteiger partial charge in [0.15, 0.2) is 0 Å². The highest BCUT2D eigenvalue weighted by Gasteiger charge is 2.13. The van der Waals surface area contributed by atoms with Crippen LogP contribution in [0.1, 0.15) is 16.7 Å². The van der Waals surface area contributed by atoms with Crippen molar-refractivity contribution in [1.29, 1.82) is 0 Å². The number of rotatable bonds is 2. The Morgan fingerprint density at radius 3 is 2.21 bits per heavy atom. The second kappa shape index (κ2) is 4.99. The van der Waals surface area contributed by atoms with Crippen molar-refractivity contribution >= 4 is 19.7 Å². The fraction of sp³-hybridized carbons (Fsp3) is 0.200. The monoisotopic (exact) mass is 294 g/mol. The van der Waals surface area contributed by atoms with E-state index in [2.05, 4.69) is 6.07 Å². The van der Waals surface area contributed by atoms with E-state index < -0.39 is 9.05 Å². The van der Waals surface area contributed by atoms with Gasteiger partial charge in [-0.15, -0.1) is 0 Å². The zero-order chi connectivity index (χ0) is 14.2. The molecule has 100 valence electrons. The highest BCUT2D eigenvalue weighted by atomic mass is 35.7. The number of hydrogen-bond donors (Lipinski definition) is 0. The second-order valence-electron chi connectivity index (χ2n) is 4.79. The quantitative estimate of drug-likeness (QED) is 0.778. The summed E-state index contributed by atoms with van der Waals surface area (Å²) in [6.45, 7) is 5.88. The Morgan fingerprint density at radius 1 is 0.895 bits per heavy atom. The fourth-order valence-electron chi connectivity index (χ4n) is 2.09. The van der Waals surface area contributed by atoms with Gasteiger partial charge >= 0.3 is 0 Å². The van der Waals surface area contributed by atoms with Gasteiger partial charge in [0, 0.05) is 10.7 Å². The number of aryl methyl sites for hydroxylation is 3. The minimum atomic E-state index is -3.71. The van der Waals surface area contributed by atoms with Crippen LogP contribution in [0.25, 0.3) is 11.1 Å². The average molecular weight is 295 g/mol. The van der Waals surface area contributed by atoms with Crippen LogP contribution in [0.4, 0.5) is 0 Å². The number of hydrogen-bond acceptors (Lipinski definition) is 2. The van der Waals surface area contributed by atoms with E-state index in [4.69, 9.17) is 10.7 Å². The molecule has 19 heavy (non-hydrogen) atoms. The minimum absolute atomic E-state index is 0.144. The summed E-state index contributed by atoms with van der Waals surface area (Å²) >= 11 is 0. The molecule has 2 nitrogen and oxygen atoms in total. The topological polar surface area (TPSA) is 34.1 Å². The van der Waals surface area contributed by atoms with E-state index in [9.17, 15) is 8.42 Å². The molecule has 0 spiro atoms. The van der Waals surface area contributed by atoms with Crippen LogP contribution in [0.2, 0.25) is 0 Å². The van der Waals surface area contributed by atoms with Crippen LogP contribution in [0, 0.1) is 20.8 Å². The summed E-state index contributed by atoms with van der Waals surface area (Å²) in [4.78, 5) is 0.144. The maximum atomic E-state index is 11.5. The maximum Gasteiger partial charge on any atom is 0.261 e. The molecule has 0 fully saturated rings. The minimum Gasteiger partial charge on any atom is -0.207 e. The van der Waals surface area contributed by atoms with E-state index >= 15 is 0 Å². The van der Waals surface area contributed by atoms with Crippen LogP contribution in [0.5, 0.6) is 0 Å². The summed E-state index contributed by atoms with van der Waals surface area (Å²) < 4.78 is 23.0. The molecule has 4 heteroatoms. The van der Waals surface area contributed by atoms with E-state index in [0.29, 0.717) is 0 Å². The lowest BCUT2D eigenvalue weighted by Crippen LogP contribution is -1.94. The summed E-state index contributed by atoms with van der Waals surface area (Å²) in [5.74, 6) is 0. The van der Waals surface area contributed by atoms with Crippen LogP contribution in [-0.4, -0.2) is 8.42 Å². The fourth-order valence-corrected chi connectivity index (χ4v) is 2.95. The SMILES string of the molecule is Cc1cc(-c2cc(C)ccc2C)cc(S(=O)(=O)Cl)c1. The lowest BCUT2D eigenvalue weighted by Gasteiger charge is -2.10. The third-order valence-electron chi connectivity index (χ3n) is 3.04. The summed E-state index contributed by atoms with van der Waals surface area (Å²) in [6, 6.07) is 11.3. The Bertz CT molecular complexity index is 734. The molecule has 0 aliphatic heterocycles. The first-order chi connectivity index (χ1) is 8.77. The summed E-state index contributed by atoms with van der Waals surface area (Å²) in [5.41, 5.74) is 5.02. The first kappa shape index (κ1) is 14.1. The molecule has 0 bridgehead atoms. The molecule has 0 aliphatic carbocycles. The Balaban J connectivity index is 2.69. The number of halogens is 1. The molecular weight excluding hydrogens is 280 g/mol. The molecule has 0 N–H and O–H groups in total. The van der Waals surface area contributed by atoms with E-state index in [1.54, 1.807) is 12.1 Å². The zero-order valence-corrected chi connectivity index (χ0v) is 12.6. The van der Waals surface area contributed by atoms with Crippen molar-refractivity contribution in [3.05, 3.63) is 53.1 Å². The molecule has 0 atom stereocenters. The van der Waals surface area contributed by atoms with E-state index in [1.807, 2.05) is 39.0 Å². The van der Waals surface area contributed by atoms with Gasteiger partial charge in [0.05, 0.1) is 4.90 Å². The molecule has 2 rings (SSSR count). The van der Waals surface area contributed by atoms with Crippen LogP contribution in [-0.2, 0) is 9.05 Å². The summed E-state index contributed by atoms with van der Waals surface area (Å²) in [7, 11) is 1.73. The molecular formula is C15H15ClO2S. The van der Waals surface area contributed by atoms with Crippen molar-refractivity contribution in [2.24, 2.45) is 0 Å². The lowest BCUT2D eigenvalue weighted by molar-refractivity contribution is 0.609. The molecule has 0 amide bonds. The highest BCUT2D eigenvalue weighted by molar-refractivity contribution is 8.13. The predicted octanol–water partition coefficient (Wildman–Crippen LogP) is 4.21. The van der Waals surface area contributed by atoms with Crippen LogP contribution < -0.4 is 0 Å². The smallest absolute Gasteiger partial charge is 0.207 e. The third kappa shape index (κ3) is 3.17. The van der Waals surface area contributed by atoms with Crippen molar-refractivity contribution in [3.63, 3.8) is 0 Å². The normalized spacial score (nSPS) is 11.6. The van der Waals surface area contributed by atoms with Gasteiger partial charge in [-0.2, -0.15) is 0 Å². The van der Waals surface area contributed by atoms with Gasteiger partial charge in [-0.1, -0.05) is 29.8 Å². The Kier molecular flexibility index (Phi) is 3.70. The molecule has 0 radical (unpaired) electrons. The zero-order valence-electron chi connectivity index (χ0n) is 11.1. The first-order valence-corrected chi connectivity index (χ1v) is 8.22. The van der Waals surface area contributed by atoms with Crippen molar-refractivity contribution < 1.29 is 8.42 Å². The van der Waals surface area contributed by atoms with Gasteiger partial charge in [0.1, 0.15) is 0 Å². The summed E-state index contributed by atoms with van der Waals surface area (Å²) in [5, 5.41) is 0. The molecule has 0 aliphatic rings. The third-order valence-corrected chi connectivity index (χ3v) is 4.37. The van der Waals surface area contributed by atoms with Gasteiger partial charge in [0.25, 0.3) is 9.05 Å². The molecule has 0 saturated carbocycles. The predicted molar refractivity (Wildman–Crippen MR) is 79.1 cm³/mol. The largest absolute Gasteiger partial charge is 0.261 e. The first-order valence-electron chi connectivity index (χ1n) is 5.91. The van der Waals surface area contributed by atoms with Crippen molar-refractivity contribution in [2.45, 2.75) is 25.7 Å². The highest BCUT2D eigenvalue weighted by Crippen LogP contribution is 2.29. The maximum absolute atomic E-state index is 11.5. The standard InChI is InChI=1S/C15H15ClO2S/c1-10-4-5-12(3)15(8-10)13-6-11(2)7-14(9-13)19(16,17)18/h4-9H,1-3H3. The molecule has 0 heterocycles. The molecule has 2 aromatic carbocycles. The second-order valence-corrected chi connectivity index (χ2v) is 7.36. The van der Waals surface area contributed by atoms with Gasteiger partial charge in [0.2, 0.25) is 0 Å². The van der Waals surface area contributed by atoms with Gasteiger partial charge < -0.3 is 0 Å². The van der Waals surface area contributed by atoms with Gasteiger partial charge in [-0.05, 0) is 55.2 Å². The number of benzene rings is 2. The van der Waals surface area contributed by atoms with Crippen LogP contribution >= 0.6 is 10.7 Å². The lowest BCUT2D eigenvalue weighted by atomic mass is 9.97. The van der Waals surface area contributed by atoms with Crippen molar-refractivity contribution in [1.82, 2.24) is 0 Å². The Labute approximate surface area is 118 Å². The van der Waals surface area contributed by atoms with Crippen LogP contribution in [0.15, 0.2) is 41.3 Å². The van der Waals surface area contributed by atoms with Gasteiger partial charge in [-0.25, -0.2) is 8.42 Å². The average Bonchev–Trinajstić information content (AvgIpc) is 2.30. The Hall–Kier alpha value is -1.32. The summed E-state index contributed by atoms with van der Waals surface area (Å²) in [6.07, 6.45) is 0. The van der Waals surface area contributed by atoms with E-state index in [0.717, 1.165) is 27.8 Å². The molecule has 0 unspecified atom stereocenters.